The molecule has 0 atom stereocenters. The molecule has 2 rings (SSSR count). The number of hydrogen-bond acceptors (Lipinski definition) is 7. The molecule has 0 aliphatic carbocycles. The van der Waals surface area contributed by atoms with E-state index in [0.29, 0.717) is 18.1 Å². The molecule has 0 aliphatic rings. The zero-order valence-electron chi connectivity index (χ0n) is 17.5. The third kappa shape index (κ3) is 5.43. The van der Waals surface area contributed by atoms with Crippen LogP contribution in [-0.4, -0.2) is 37.0 Å². The van der Waals surface area contributed by atoms with Crippen LogP contribution in [0.1, 0.15) is 65.3 Å². The first kappa shape index (κ1) is 22.1. The summed E-state index contributed by atoms with van der Waals surface area (Å²) in [5.41, 5.74) is 1.03. The monoisotopic (exact) mass is 402 g/mol. The summed E-state index contributed by atoms with van der Waals surface area (Å²) >= 11 is 0. The zero-order chi connectivity index (χ0) is 21.8. The van der Waals surface area contributed by atoms with Crippen molar-refractivity contribution in [3.8, 4) is 0 Å². The first-order chi connectivity index (χ1) is 13.6. The van der Waals surface area contributed by atoms with Gasteiger partial charge in [-0.3, -0.25) is 4.79 Å². The fourth-order valence-corrected chi connectivity index (χ4v) is 2.60. The summed E-state index contributed by atoms with van der Waals surface area (Å²) < 4.78 is 15.2. The van der Waals surface area contributed by atoms with E-state index in [1.807, 2.05) is 27.7 Å². The first-order valence-corrected chi connectivity index (χ1v) is 9.14. The van der Waals surface area contributed by atoms with Gasteiger partial charge >= 0.3 is 11.9 Å². The Hall–Kier alpha value is -3.16. The quantitative estimate of drug-likeness (QED) is 0.738. The van der Waals surface area contributed by atoms with Crippen LogP contribution in [0.25, 0.3) is 0 Å². The van der Waals surface area contributed by atoms with E-state index >= 15 is 0 Å². The topological polar surface area (TPSA) is 108 Å². The van der Waals surface area contributed by atoms with Crippen LogP contribution in [0.2, 0.25) is 0 Å². The summed E-state index contributed by atoms with van der Waals surface area (Å²) in [6.45, 7) is 7.83. The lowest BCUT2D eigenvalue weighted by atomic mass is 9.97. The number of anilines is 1. The summed E-state index contributed by atoms with van der Waals surface area (Å²) in [6, 6.07) is 4.22. The molecule has 0 radical (unpaired) electrons. The number of rotatable bonds is 6. The SMILES string of the molecule is COC(=O)c1ccc(C(=O)OC)c(NC(=O)CCc2oc(C(C)(C)C)nc2C)c1. The maximum Gasteiger partial charge on any atom is 0.339 e. The minimum absolute atomic E-state index is 0.114. The van der Waals surface area contributed by atoms with Gasteiger partial charge in [-0.25, -0.2) is 14.6 Å². The van der Waals surface area contributed by atoms with Gasteiger partial charge in [-0.2, -0.15) is 0 Å². The Morgan fingerprint density at radius 3 is 2.31 bits per heavy atom. The van der Waals surface area contributed by atoms with Crippen molar-refractivity contribution in [2.24, 2.45) is 0 Å². The lowest BCUT2D eigenvalue weighted by Gasteiger charge is -2.12. The molecule has 1 N–H and O–H groups in total. The highest BCUT2D eigenvalue weighted by Gasteiger charge is 2.23. The number of amides is 1. The molecule has 0 fully saturated rings. The van der Waals surface area contributed by atoms with E-state index in [0.717, 1.165) is 5.69 Å². The Bertz CT molecular complexity index is 924. The van der Waals surface area contributed by atoms with E-state index in [-0.39, 0.29) is 34.6 Å². The van der Waals surface area contributed by atoms with Gasteiger partial charge < -0.3 is 19.2 Å². The van der Waals surface area contributed by atoms with Crippen molar-refractivity contribution < 1.29 is 28.3 Å². The van der Waals surface area contributed by atoms with Gasteiger partial charge in [0.05, 0.1) is 36.7 Å². The van der Waals surface area contributed by atoms with E-state index in [1.165, 1.54) is 32.4 Å². The summed E-state index contributed by atoms with van der Waals surface area (Å²) in [4.78, 5) is 40.6. The van der Waals surface area contributed by atoms with Crippen LogP contribution >= 0.6 is 0 Å². The molecule has 29 heavy (non-hydrogen) atoms. The molecule has 0 saturated carbocycles. The molecule has 8 nitrogen and oxygen atoms in total. The van der Waals surface area contributed by atoms with Crippen LogP contribution in [0.3, 0.4) is 0 Å². The van der Waals surface area contributed by atoms with Crippen LogP contribution in [0.15, 0.2) is 22.6 Å². The van der Waals surface area contributed by atoms with E-state index < -0.39 is 11.9 Å². The number of esters is 2. The molecule has 1 aromatic carbocycles. The number of benzene rings is 1. The summed E-state index contributed by atoms with van der Waals surface area (Å²) in [5, 5.41) is 2.66. The number of nitrogens with one attached hydrogen (secondary N) is 1. The number of carbonyl (C=O) groups is 3. The third-order valence-corrected chi connectivity index (χ3v) is 4.23. The summed E-state index contributed by atoms with van der Waals surface area (Å²) in [7, 11) is 2.49. The lowest BCUT2D eigenvalue weighted by molar-refractivity contribution is -0.116. The predicted octanol–water partition coefficient (Wildman–Crippen LogP) is 3.43. The molecular weight excluding hydrogens is 376 g/mol. The van der Waals surface area contributed by atoms with Crippen molar-refractivity contribution in [3.63, 3.8) is 0 Å². The summed E-state index contributed by atoms with van der Waals surface area (Å²) in [6.07, 6.45) is 0.466. The second-order valence-corrected chi connectivity index (χ2v) is 7.57. The second-order valence-electron chi connectivity index (χ2n) is 7.57. The molecule has 0 aliphatic heterocycles. The normalized spacial score (nSPS) is 11.1. The minimum Gasteiger partial charge on any atom is -0.465 e. The maximum atomic E-state index is 12.5. The molecule has 1 aromatic heterocycles. The fourth-order valence-electron chi connectivity index (χ4n) is 2.60. The van der Waals surface area contributed by atoms with Crippen molar-refractivity contribution in [3.05, 3.63) is 46.7 Å². The number of ether oxygens (including phenoxy) is 2. The summed E-state index contributed by atoms with van der Waals surface area (Å²) in [5.74, 6) is -0.294. The van der Waals surface area contributed by atoms with Crippen LogP contribution < -0.4 is 5.32 Å². The molecule has 0 unspecified atom stereocenters. The molecular formula is C21H26N2O6. The van der Waals surface area contributed by atoms with Gasteiger partial charge in [-0.15, -0.1) is 0 Å². The van der Waals surface area contributed by atoms with E-state index in [2.05, 4.69) is 15.0 Å². The van der Waals surface area contributed by atoms with Gasteiger partial charge in [-0.05, 0) is 25.1 Å². The number of oxazole rings is 1. The van der Waals surface area contributed by atoms with Crippen LogP contribution in [0.4, 0.5) is 5.69 Å². The van der Waals surface area contributed by atoms with Crippen LogP contribution in [-0.2, 0) is 26.1 Å². The number of methoxy groups -OCH3 is 2. The Morgan fingerprint density at radius 2 is 1.76 bits per heavy atom. The van der Waals surface area contributed by atoms with Gasteiger partial charge in [0.2, 0.25) is 5.91 Å². The number of hydrogen-bond donors (Lipinski definition) is 1. The number of aryl methyl sites for hydroxylation is 2. The highest BCUT2D eigenvalue weighted by atomic mass is 16.5. The largest absolute Gasteiger partial charge is 0.465 e. The Labute approximate surface area is 169 Å². The second kappa shape index (κ2) is 8.89. The highest BCUT2D eigenvalue weighted by molar-refractivity contribution is 6.03. The molecule has 2 aromatic rings. The number of carbonyl (C=O) groups excluding carboxylic acids is 3. The molecule has 1 heterocycles. The van der Waals surface area contributed by atoms with Gasteiger partial charge in [0, 0.05) is 18.3 Å². The zero-order valence-corrected chi connectivity index (χ0v) is 17.5. The van der Waals surface area contributed by atoms with E-state index in [1.54, 1.807) is 0 Å². The molecule has 1 amide bonds. The third-order valence-electron chi connectivity index (χ3n) is 4.23. The first-order valence-electron chi connectivity index (χ1n) is 9.14. The Balaban J connectivity index is 2.16. The molecule has 156 valence electrons. The number of aromatic nitrogens is 1. The Kier molecular flexibility index (Phi) is 6.79. The van der Waals surface area contributed by atoms with E-state index in [4.69, 9.17) is 9.15 Å². The average Bonchev–Trinajstić information content (AvgIpc) is 3.06. The van der Waals surface area contributed by atoms with Gasteiger partial charge in [0.25, 0.3) is 0 Å². The standard InChI is InChI=1S/C21H26N2O6/c1-12-16(29-20(22-12)21(2,3)4)9-10-17(24)23-15-11-13(18(25)27-5)7-8-14(15)19(26)28-6/h7-8,11H,9-10H2,1-6H3,(H,23,24). The Morgan fingerprint density at radius 1 is 1.10 bits per heavy atom. The number of nitrogens with zero attached hydrogens (tertiary/aromatic N) is 1. The van der Waals surface area contributed by atoms with Crippen molar-refractivity contribution >= 4 is 23.5 Å². The lowest BCUT2D eigenvalue weighted by Crippen LogP contribution is -2.17. The minimum atomic E-state index is -0.627. The van der Waals surface area contributed by atoms with Crippen LogP contribution in [0, 0.1) is 6.92 Å². The van der Waals surface area contributed by atoms with E-state index in [9.17, 15) is 14.4 Å². The van der Waals surface area contributed by atoms with Crippen molar-refractivity contribution in [2.75, 3.05) is 19.5 Å². The molecule has 0 bridgehead atoms. The van der Waals surface area contributed by atoms with Crippen molar-refractivity contribution in [2.45, 2.75) is 46.0 Å². The smallest absolute Gasteiger partial charge is 0.339 e. The predicted molar refractivity (Wildman–Crippen MR) is 106 cm³/mol. The molecule has 8 heteroatoms. The maximum absolute atomic E-state index is 12.5. The highest BCUT2D eigenvalue weighted by Crippen LogP contribution is 2.25. The van der Waals surface area contributed by atoms with Gasteiger partial charge in [0.15, 0.2) is 5.89 Å². The van der Waals surface area contributed by atoms with Gasteiger partial charge in [0.1, 0.15) is 5.76 Å². The van der Waals surface area contributed by atoms with Crippen molar-refractivity contribution in [1.82, 2.24) is 4.98 Å². The van der Waals surface area contributed by atoms with Crippen LogP contribution in [0.5, 0.6) is 0 Å². The fraction of sp³-hybridized carbons (Fsp3) is 0.429. The van der Waals surface area contributed by atoms with Gasteiger partial charge in [-0.1, -0.05) is 20.8 Å². The molecule has 0 saturated heterocycles. The van der Waals surface area contributed by atoms with Crippen molar-refractivity contribution in [1.29, 1.82) is 0 Å². The molecule has 0 spiro atoms. The average molecular weight is 402 g/mol.